The van der Waals surface area contributed by atoms with Crippen molar-refractivity contribution >= 4 is 11.8 Å². The molecule has 0 aromatic carbocycles. The highest BCUT2D eigenvalue weighted by molar-refractivity contribution is 5.53. The molecule has 1 aliphatic heterocycles. The summed E-state index contributed by atoms with van der Waals surface area (Å²) >= 11 is 0. The van der Waals surface area contributed by atoms with Gasteiger partial charge in [0.25, 0.3) is 0 Å². The Morgan fingerprint density at radius 3 is 2.68 bits per heavy atom. The molecule has 5 heteroatoms. The molecule has 1 saturated heterocycles. The second-order valence-corrected chi connectivity index (χ2v) is 6.41. The molecule has 0 atom stereocenters. The zero-order valence-corrected chi connectivity index (χ0v) is 11.9. The number of anilines is 2. The van der Waals surface area contributed by atoms with Crippen molar-refractivity contribution in [3.8, 4) is 0 Å². The second kappa shape index (κ2) is 4.63. The van der Waals surface area contributed by atoms with E-state index in [9.17, 15) is 0 Å². The third-order valence-electron chi connectivity index (χ3n) is 4.20. The van der Waals surface area contributed by atoms with Gasteiger partial charge in [0.15, 0.2) is 0 Å². The molecule has 1 aliphatic carbocycles. The molecule has 104 valence electrons. The predicted molar refractivity (Wildman–Crippen MR) is 77.3 cm³/mol. The number of hydrogen-bond donors (Lipinski definition) is 2. The highest BCUT2D eigenvalue weighted by Crippen LogP contribution is 2.37. The summed E-state index contributed by atoms with van der Waals surface area (Å²) in [6, 6.07) is 0. The van der Waals surface area contributed by atoms with E-state index < -0.39 is 0 Å². The molecule has 1 aromatic heterocycles. The Morgan fingerprint density at radius 2 is 1.95 bits per heavy atom. The van der Waals surface area contributed by atoms with Gasteiger partial charge in [0, 0.05) is 31.7 Å². The number of fused-ring (bicyclic) bond motifs is 1. The Labute approximate surface area is 114 Å². The van der Waals surface area contributed by atoms with Crippen molar-refractivity contribution in [3.05, 3.63) is 11.3 Å². The van der Waals surface area contributed by atoms with E-state index >= 15 is 0 Å². The van der Waals surface area contributed by atoms with E-state index in [1.165, 1.54) is 12.0 Å². The van der Waals surface area contributed by atoms with Gasteiger partial charge in [-0.15, -0.1) is 0 Å². The van der Waals surface area contributed by atoms with E-state index in [1.807, 2.05) is 0 Å². The number of rotatable bonds is 1. The van der Waals surface area contributed by atoms with Gasteiger partial charge in [-0.1, -0.05) is 13.8 Å². The third-order valence-corrected chi connectivity index (χ3v) is 4.20. The second-order valence-electron chi connectivity index (χ2n) is 6.41. The lowest BCUT2D eigenvalue weighted by molar-refractivity contribution is 0.310. The smallest absolute Gasteiger partial charge is 0.222 e. The summed E-state index contributed by atoms with van der Waals surface area (Å²) in [5.74, 6) is 1.50. The molecule has 19 heavy (non-hydrogen) atoms. The SMILES string of the molecule is CC1(C)CCc2c(nc(N)nc2N2CCNCC2)C1. The Kier molecular flexibility index (Phi) is 3.09. The average Bonchev–Trinajstić information content (AvgIpc) is 2.37. The summed E-state index contributed by atoms with van der Waals surface area (Å²) in [5.41, 5.74) is 8.73. The summed E-state index contributed by atoms with van der Waals surface area (Å²) in [5, 5.41) is 3.38. The third kappa shape index (κ3) is 2.52. The first-order valence-electron chi connectivity index (χ1n) is 7.16. The van der Waals surface area contributed by atoms with E-state index in [1.54, 1.807) is 0 Å². The summed E-state index contributed by atoms with van der Waals surface area (Å²) < 4.78 is 0. The van der Waals surface area contributed by atoms with E-state index in [-0.39, 0.29) is 0 Å². The normalized spacial score (nSPS) is 22.1. The molecule has 0 radical (unpaired) electrons. The fourth-order valence-corrected chi connectivity index (χ4v) is 3.08. The van der Waals surface area contributed by atoms with Crippen LogP contribution in [0.1, 0.15) is 31.5 Å². The van der Waals surface area contributed by atoms with Crippen LogP contribution >= 0.6 is 0 Å². The first-order chi connectivity index (χ1) is 9.05. The van der Waals surface area contributed by atoms with Gasteiger partial charge in [-0.05, 0) is 24.7 Å². The maximum Gasteiger partial charge on any atom is 0.222 e. The van der Waals surface area contributed by atoms with Crippen molar-refractivity contribution in [2.24, 2.45) is 5.41 Å². The zero-order chi connectivity index (χ0) is 13.5. The number of nitrogens with one attached hydrogen (secondary N) is 1. The first kappa shape index (κ1) is 12.7. The molecule has 0 bridgehead atoms. The molecule has 0 saturated carbocycles. The molecule has 0 amide bonds. The lowest BCUT2D eigenvalue weighted by Crippen LogP contribution is -2.44. The summed E-state index contributed by atoms with van der Waals surface area (Å²) in [6.45, 7) is 8.66. The van der Waals surface area contributed by atoms with Crippen LogP contribution in [0.2, 0.25) is 0 Å². The molecule has 1 aromatic rings. The van der Waals surface area contributed by atoms with Gasteiger partial charge in [0.05, 0.1) is 5.69 Å². The van der Waals surface area contributed by atoms with Crippen molar-refractivity contribution in [2.45, 2.75) is 33.1 Å². The molecule has 5 nitrogen and oxygen atoms in total. The number of nitrogens with zero attached hydrogens (tertiary/aromatic N) is 3. The number of nitrogens with two attached hydrogens (primary N) is 1. The van der Waals surface area contributed by atoms with Crippen LogP contribution in [-0.2, 0) is 12.8 Å². The molecule has 0 spiro atoms. The maximum atomic E-state index is 5.91. The highest BCUT2D eigenvalue weighted by Gasteiger charge is 2.30. The maximum absolute atomic E-state index is 5.91. The molecule has 3 rings (SSSR count). The van der Waals surface area contributed by atoms with Crippen molar-refractivity contribution in [1.29, 1.82) is 0 Å². The van der Waals surface area contributed by atoms with Gasteiger partial charge in [0.2, 0.25) is 5.95 Å². The first-order valence-corrected chi connectivity index (χ1v) is 7.16. The Morgan fingerprint density at radius 1 is 1.21 bits per heavy atom. The zero-order valence-electron chi connectivity index (χ0n) is 11.9. The van der Waals surface area contributed by atoms with Crippen LogP contribution < -0.4 is 16.0 Å². The summed E-state index contributed by atoms with van der Waals surface area (Å²) in [6.07, 6.45) is 3.28. The van der Waals surface area contributed by atoms with Crippen LogP contribution in [0.3, 0.4) is 0 Å². The number of hydrogen-bond acceptors (Lipinski definition) is 5. The van der Waals surface area contributed by atoms with Crippen LogP contribution in [0.5, 0.6) is 0 Å². The molecule has 2 heterocycles. The quantitative estimate of drug-likeness (QED) is 0.789. The number of piperazine rings is 1. The molecular formula is C14H23N5. The highest BCUT2D eigenvalue weighted by atomic mass is 15.2. The van der Waals surface area contributed by atoms with Gasteiger partial charge in [0.1, 0.15) is 5.82 Å². The topological polar surface area (TPSA) is 67.1 Å². The monoisotopic (exact) mass is 261 g/mol. The van der Waals surface area contributed by atoms with Gasteiger partial charge >= 0.3 is 0 Å². The minimum absolute atomic E-state index is 0.328. The summed E-state index contributed by atoms with van der Waals surface area (Å²) in [4.78, 5) is 11.4. The van der Waals surface area contributed by atoms with Gasteiger partial charge in [-0.3, -0.25) is 0 Å². The fourth-order valence-electron chi connectivity index (χ4n) is 3.08. The molecule has 0 unspecified atom stereocenters. The van der Waals surface area contributed by atoms with E-state index in [2.05, 4.69) is 34.0 Å². The number of nitrogen functional groups attached to an aromatic ring is 1. The predicted octanol–water partition coefficient (Wildman–Crippen LogP) is 0.983. The van der Waals surface area contributed by atoms with Crippen LogP contribution in [-0.4, -0.2) is 36.1 Å². The van der Waals surface area contributed by atoms with Gasteiger partial charge in [-0.25, -0.2) is 4.98 Å². The molecule has 2 aliphatic rings. The molecular weight excluding hydrogens is 238 g/mol. The minimum Gasteiger partial charge on any atom is -0.368 e. The largest absolute Gasteiger partial charge is 0.368 e. The fraction of sp³-hybridized carbons (Fsp3) is 0.714. The van der Waals surface area contributed by atoms with Crippen LogP contribution in [0.4, 0.5) is 11.8 Å². The van der Waals surface area contributed by atoms with E-state index in [4.69, 9.17) is 5.73 Å². The summed E-state index contributed by atoms with van der Waals surface area (Å²) in [7, 11) is 0. The molecule has 1 fully saturated rings. The van der Waals surface area contributed by atoms with E-state index in [0.29, 0.717) is 11.4 Å². The average molecular weight is 261 g/mol. The minimum atomic E-state index is 0.328. The number of aromatic nitrogens is 2. The van der Waals surface area contributed by atoms with Gasteiger partial charge < -0.3 is 16.0 Å². The lowest BCUT2D eigenvalue weighted by atomic mass is 9.76. The van der Waals surface area contributed by atoms with Gasteiger partial charge in [-0.2, -0.15) is 4.98 Å². The van der Waals surface area contributed by atoms with Crippen molar-refractivity contribution in [3.63, 3.8) is 0 Å². The standard InChI is InChI=1S/C14H23N5/c1-14(2)4-3-10-11(9-14)17-13(15)18-12(10)19-7-5-16-6-8-19/h16H,3-9H2,1-2H3,(H2,15,17,18). The Bertz CT molecular complexity index is 477. The Balaban J connectivity index is 1.98. The van der Waals surface area contributed by atoms with Crippen molar-refractivity contribution in [1.82, 2.24) is 15.3 Å². The van der Waals surface area contributed by atoms with E-state index in [0.717, 1.165) is 50.5 Å². The van der Waals surface area contributed by atoms with Crippen LogP contribution in [0, 0.1) is 5.41 Å². The molecule has 3 N–H and O–H groups in total. The Hall–Kier alpha value is -1.36. The van der Waals surface area contributed by atoms with Crippen LogP contribution in [0.25, 0.3) is 0 Å². The van der Waals surface area contributed by atoms with Crippen molar-refractivity contribution < 1.29 is 0 Å². The lowest BCUT2D eigenvalue weighted by Gasteiger charge is -2.35. The van der Waals surface area contributed by atoms with Crippen molar-refractivity contribution in [2.75, 3.05) is 36.8 Å². The van der Waals surface area contributed by atoms with Crippen LogP contribution in [0.15, 0.2) is 0 Å².